The Balaban J connectivity index is 0.00000180. The minimum Gasteiger partial charge on any atom is -0.476 e. The van der Waals surface area contributed by atoms with Crippen molar-refractivity contribution in [2.24, 2.45) is 0 Å². The van der Waals surface area contributed by atoms with Gasteiger partial charge in [-0.15, -0.1) is 12.4 Å². The number of nitrogens with one attached hydrogen (secondary N) is 1. The van der Waals surface area contributed by atoms with Crippen molar-refractivity contribution in [1.82, 2.24) is 10.3 Å². The van der Waals surface area contributed by atoms with Crippen LogP contribution in [-0.4, -0.2) is 18.1 Å². The Labute approximate surface area is 118 Å². The maximum absolute atomic E-state index is 13.3. The number of halogens is 2. The number of pyridine rings is 1. The van der Waals surface area contributed by atoms with Crippen LogP contribution >= 0.6 is 12.4 Å². The van der Waals surface area contributed by atoms with Crippen molar-refractivity contribution in [3.63, 3.8) is 0 Å². The van der Waals surface area contributed by atoms with E-state index in [1.54, 1.807) is 24.4 Å². The lowest BCUT2D eigenvalue weighted by Gasteiger charge is -2.07. The third-order valence-electron chi connectivity index (χ3n) is 2.44. The Bertz CT molecular complexity index is 482. The molecule has 0 fully saturated rings. The van der Waals surface area contributed by atoms with Gasteiger partial charge in [-0.25, -0.2) is 9.37 Å². The molecule has 0 aliphatic rings. The van der Waals surface area contributed by atoms with Gasteiger partial charge < -0.3 is 10.1 Å². The molecule has 1 heterocycles. The topological polar surface area (TPSA) is 34.1 Å². The first-order chi connectivity index (χ1) is 8.86. The molecule has 0 saturated carbocycles. The van der Waals surface area contributed by atoms with Crippen LogP contribution in [0.3, 0.4) is 0 Å². The smallest absolute Gasteiger partial charge is 0.213 e. The SMILES string of the molecule is Cl.Fc1ccccc1CNCCOc1ccccn1. The molecular weight excluding hydrogens is 267 g/mol. The third kappa shape index (κ3) is 5.24. The second-order valence-corrected chi connectivity index (χ2v) is 3.78. The molecular formula is C14H16ClFN2O. The number of aromatic nitrogens is 1. The Morgan fingerprint density at radius 2 is 1.89 bits per heavy atom. The molecule has 0 amide bonds. The number of nitrogens with zero attached hydrogens (tertiary/aromatic N) is 1. The zero-order valence-electron chi connectivity index (χ0n) is 10.4. The Hall–Kier alpha value is -1.65. The first-order valence-corrected chi connectivity index (χ1v) is 5.84. The van der Waals surface area contributed by atoms with Gasteiger partial charge in [0.15, 0.2) is 0 Å². The fourth-order valence-corrected chi connectivity index (χ4v) is 1.53. The molecule has 0 unspecified atom stereocenters. The van der Waals surface area contributed by atoms with Gasteiger partial charge in [-0.2, -0.15) is 0 Å². The van der Waals surface area contributed by atoms with E-state index in [9.17, 15) is 4.39 Å². The first-order valence-electron chi connectivity index (χ1n) is 5.84. The quantitative estimate of drug-likeness (QED) is 0.828. The first kappa shape index (κ1) is 15.4. The van der Waals surface area contributed by atoms with Crippen LogP contribution in [0, 0.1) is 5.82 Å². The van der Waals surface area contributed by atoms with Gasteiger partial charge in [-0.3, -0.25) is 0 Å². The van der Waals surface area contributed by atoms with Crippen LogP contribution in [0.5, 0.6) is 5.88 Å². The predicted octanol–water partition coefficient (Wildman–Crippen LogP) is 2.81. The van der Waals surface area contributed by atoms with E-state index in [0.29, 0.717) is 31.1 Å². The molecule has 3 nitrogen and oxygen atoms in total. The van der Waals surface area contributed by atoms with Crippen LogP contribution in [0.1, 0.15) is 5.56 Å². The van der Waals surface area contributed by atoms with Gasteiger partial charge in [-0.05, 0) is 12.1 Å². The Kier molecular flexibility index (Phi) is 6.85. The minimum atomic E-state index is -0.185. The van der Waals surface area contributed by atoms with Gasteiger partial charge >= 0.3 is 0 Å². The van der Waals surface area contributed by atoms with Crippen molar-refractivity contribution in [1.29, 1.82) is 0 Å². The molecule has 1 N–H and O–H groups in total. The van der Waals surface area contributed by atoms with Crippen LogP contribution in [0.4, 0.5) is 4.39 Å². The van der Waals surface area contributed by atoms with E-state index >= 15 is 0 Å². The zero-order chi connectivity index (χ0) is 12.6. The van der Waals surface area contributed by atoms with E-state index in [4.69, 9.17) is 4.74 Å². The van der Waals surface area contributed by atoms with E-state index in [1.807, 2.05) is 18.2 Å². The second kappa shape index (κ2) is 8.45. The average molecular weight is 283 g/mol. The van der Waals surface area contributed by atoms with E-state index in [1.165, 1.54) is 6.07 Å². The van der Waals surface area contributed by atoms with E-state index in [2.05, 4.69) is 10.3 Å². The van der Waals surface area contributed by atoms with Crippen molar-refractivity contribution in [3.05, 3.63) is 60.0 Å². The number of benzene rings is 1. The lowest BCUT2D eigenvalue weighted by Crippen LogP contribution is -2.21. The summed E-state index contributed by atoms with van der Waals surface area (Å²) in [5, 5.41) is 3.12. The lowest BCUT2D eigenvalue weighted by atomic mass is 10.2. The summed E-state index contributed by atoms with van der Waals surface area (Å²) in [5.41, 5.74) is 0.662. The lowest BCUT2D eigenvalue weighted by molar-refractivity contribution is 0.302. The van der Waals surface area contributed by atoms with Crippen LogP contribution in [0.15, 0.2) is 48.7 Å². The second-order valence-electron chi connectivity index (χ2n) is 3.78. The summed E-state index contributed by atoms with van der Waals surface area (Å²) in [6.07, 6.45) is 1.68. The molecule has 102 valence electrons. The van der Waals surface area contributed by atoms with Crippen molar-refractivity contribution < 1.29 is 9.13 Å². The van der Waals surface area contributed by atoms with Gasteiger partial charge in [0, 0.05) is 30.9 Å². The number of hydrogen-bond donors (Lipinski definition) is 1. The van der Waals surface area contributed by atoms with E-state index in [0.717, 1.165) is 0 Å². The molecule has 0 spiro atoms. The summed E-state index contributed by atoms with van der Waals surface area (Å²) in [4.78, 5) is 4.04. The van der Waals surface area contributed by atoms with Crippen molar-refractivity contribution in [2.75, 3.05) is 13.2 Å². The largest absolute Gasteiger partial charge is 0.476 e. The van der Waals surface area contributed by atoms with Crippen molar-refractivity contribution >= 4 is 12.4 Å². The fraction of sp³-hybridized carbons (Fsp3) is 0.214. The van der Waals surface area contributed by atoms with E-state index < -0.39 is 0 Å². The summed E-state index contributed by atoms with van der Waals surface area (Å²) in [7, 11) is 0. The number of ether oxygens (including phenoxy) is 1. The molecule has 1 aromatic heterocycles. The highest BCUT2D eigenvalue weighted by Gasteiger charge is 1.99. The maximum Gasteiger partial charge on any atom is 0.213 e. The Morgan fingerprint density at radius 3 is 2.63 bits per heavy atom. The summed E-state index contributed by atoms with van der Waals surface area (Å²) in [6, 6.07) is 12.2. The van der Waals surface area contributed by atoms with Gasteiger partial charge in [-0.1, -0.05) is 24.3 Å². The molecule has 0 radical (unpaired) electrons. The van der Waals surface area contributed by atoms with Gasteiger partial charge in [0.25, 0.3) is 0 Å². The monoisotopic (exact) mass is 282 g/mol. The molecule has 0 atom stereocenters. The highest BCUT2D eigenvalue weighted by molar-refractivity contribution is 5.85. The minimum absolute atomic E-state index is 0. The normalized spacial score (nSPS) is 9.74. The van der Waals surface area contributed by atoms with Crippen LogP contribution < -0.4 is 10.1 Å². The number of hydrogen-bond acceptors (Lipinski definition) is 3. The predicted molar refractivity (Wildman–Crippen MR) is 75.1 cm³/mol. The molecule has 5 heteroatoms. The standard InChI is InChI=1S/C14H15FN2O.ClH/c15-13-6-2-1-5-12(13)11-16-9-10-18-14-7-3-4-8-17-14;/h1-8,16H,9-11H2;1H. The van der Waals surface area contributed by atoms with Gasteiger partial charge in [0.2, 0.25) is 5.88 Å². The van der Waals surface area contributed by atoms with Crippen molar-refractivity contribution in [2.45, 2.75) is 6.54 Å². The van der Waals surface area contributed by atoms with Gasteiger partial charge in [0.05, 0.1) is 0 Å². The van der Waals surface area contributed by atoms with E-state index in [-0.39, 0.29) is 18.2 Å². The zero-order valence-corrected chi connectivity index (χ0v) is 11.2. The molecule has 0 saturated heterocycles. The molecule has 0 aliphatic carbocycles. The fourth-order valence-electron chi connectivity index (χ4n) is 1.53. The average Bonchev–Trinajstić information content (AvgIpc) is 2.42. The molecule has 0 bridgehead atoms. The van der Waals surface area contributed by atoms with Gasteiger partial charge in [0.1, 0.15) is 12.4 Å². The summed E-state index contributed by atoms with van der Waals surface area (Å²) in [6.45, 7) is 1.65. The molecule has 0 aliphatic heterocycles. The maximum atomic E-state index is 13.3. The number of rotatable bonds is 6. The summed E-state index contributed by atoms with van der Waals surface area (Å²) >= 11 is 0. The molecule has 1 aromatic carbocycles. The summed E-state index contributed by atoms with van der Waals surface area (Å²) in [5.74, 6) is 0.417. The van der Waals surface area contributed by atoms with Crippen LogP contribution in [0.25, 0.3) is 0 Å². The van der Waals surface area contributed by atoms with Crippen LogP contribution in [0.2, 0.25) is 0 Å². The highest BCUT2D eigenvalue weighted by Crippen LogP contribution is 2.05. The highest BCUT2D eigenvalue weighted by atomic mass is 35.5. The van der Waals surface area contributed by atoms with Crippen molar-refractivity contribution in [3.8, 4) is 5.88 Å². The van der Waals surface area contributed by atoms with Crippen LogP contribution in [-0.2, 0) is 6.54 Å². The molecule has 19 heavy (non-hydrogen) atoms. The molecule has 2 rings (SSSR count). The molecule has 2 aromatic rings. The third-order valence-corrected chi connectivity index (χ3v) is 2.44. The Morgan fingerprint density at radius 1 is 1.11 bits per heavy atom. The summed E-state index contributed by atoms with van der Waals surface area (Å²) < 4.78 is 18.7.